The fourth-order valence-electron chi connectivity index (χ4n) is 2.19. The van der Waals surface area contributed by atoms with Gasteiger partial charge >= 0.3 is 5.97 Å². The van der Waals surface area contributed by atoms with Crippen LogP contribution in [-0.4, -0.2) is 32.5 Å². The van der Waals surface area contributed by atoms with Crippen molar-refractivity contribution in [1.29, 1.82) is 0 Å². The summed E-state index contributed by atoms with van der Waals surface area (Å²) in [4.78, 5) is 20.2. The average Bonchev–Trinajstić information content (AvgIpc) is 2.73. The molecule has 0 atom stereocenters. The molecule has 106 valence electrons. The van der Waals surface area contributed by atoms with Gasteiger partial charge in [0.2, 0.25) is 0 Å². The van der Waals surface area contributed by atoms with Gasteiger partial charge in [-0.25, -0.2) is 4.98 Å². The van der Waals surface area contributed by atoms with E-state index in [1.807, 2.05) is 36.9 Å². The van der Waals surface area contributed by atoms with E-state index in [0.29, 0.717) is 13.1 Å². The molecule has 1 heterocycles. The molecule has 0 aliphatic rings. The van der Waals surface area contributed by atoms with Crippen LogP contribution in [-0.2, 0) is 17.9 Å². The van der Waals surface area contributed by atoms with Gasteiger partial charge in [-0.2, -0.15) is 0 Å². The molecule has 2 rings (SSSR count). The van der Waals surface area contributed by atoms with Crippen molar-refractivity contribution >= 4 is 5.97 Å². The largest absolute Gasteiger partial charge is 0.480 e. The fourth-order valence-corrected chi connectivity index (χ4v) is 2.19. The Kier molecular flexibility index (Phi) is 4.53. The molecule has 1 aromatic heterocycles. The summed E-state index contributed by atoms with van der Waals surface area (Å²) >= 11 is 0. The Morgan fingerprint density at radius 3 is 2.75 bits per heavy atom. The molecule has 0 saturated carbocycles. The minimum Gasteiger partial charge on any atom is -0.480 e. The lowest BCUT2D eigenvalue weighted by Crippen LogP contribution is -2.29. The number of carboxylic acids is 1. The number of benzene rings is 1. The molecule has 0 aliphatic heterocycles. The lowest BCUT2D eigenvalue weighted by atomic mass is 10.1. The first-order valence-corrected chi connectivity index (χ1v) is 6.53. The van der Waals surface area contributed by atoms with Crippen molar-refractivity contribution in [3.8, 4) is 0 Å². The molecule has 0 radical (unpaired) electrons. The number of aromatic nitrogens is 2. The van der Waals surface area contributed by atoms with Gasteiger partial charge in [-0.3, -0.25) is 9.69 Å². The minimum atomic E-state index is -0.832. The number of rotatable bonds is 6. The Hall–Kier alpha value is -2.14. The van der Waals surface area contributed by atoms with Crippen LogP contribution in [0.2, 0.25) is 0 Å². The number of aryl methyl sites for hydroxylation is 2. The number of nitrogens with zero attached hydrogens (tertiary/aromatic N) is 2. The van der Waals surface area contributed by atoms with Gasteiger partial charge in [-0.1, -0.05) is 29.8 Å². The molecule has 2 aromatic rings. The number of aliphatic carboxylic acids is 1. The van der Waals surface area contributed by atoms with E-state index >= 15 is 0 Å². The summed E-state index contributed by atoms with van der Waals surface area (Å²) in [5.41, 5.74) is 3.26. The van der Waals surface area contributed by atoms with Gasteiger partial charge in [-0.05, 0) is 19.4 Å². The SMILES string of the molecule is Cc1cccc(CN(CC(=O)O)Cc2ncc(C)[nH]2)c1. The van der Waals surface area contributed by atoms with E-state index in [9.17, 15) is 4.79 Å². The Morgan fingerprint density at radius 1 is 1.35 bits per heavy atom. The average molecular weight is 273 g/mol. The maximum absolute atomic E-state index is 11.0. The first-order valence-electron chi connectivity index (χ1n) is 6.53. The van der Waals surface area contributed by atoms with Gasteiger partial charge in [0.25, 0.3) is 0 Å². The van der Waals surface area contributed by atoms with Crippen LogP contribution in [0.5, 0.6) is 0 Å². The van der Waals surface area contributed by atoms with Crippen LogP contribution >= 0.6 is 0 Å². The second kappa shape index (κ2) is 6.34. The summed E-state index contributed by atoms with van der Waals surface area (Å²) in [6.45, 7) is 5.04. The number of carbonyl (C=O) groups is 1. The summed E-state index contributed by atoms with van der Waals surface area (Å²) in [6, 6.07) is 8.10. The number of hydrogen-bond acceptors (Lipinski definition) is 3. The molecule has 2 N–H and O–H groups in total. The van der Waals surface area contributed by atoms with E-state index in [-0.39, 0.29) is 6.54 Å². The monoisotopic (exact) mass is 273 g/mol. The van der Waals surface area contributed by atoms with Crippen LogP contribution in [0.3, 0.4) is 0 Å². The molecule has 0 amide bonds. The van der Waals surface area contributed by atoms with E-state index in [4.69, 9.17) is 5.11 Å². The molecule has 0 aliphatic carbocycles. The normalized spacial score (nSPS) is 10.9. The number of hydrogen-bond donors (Lipinski definition) is 2. The number of nitrogens with one attached hydrogen (secondary N) is 1. The number of H-pyrrole nitrogens is 1. The Morgan fingerprint density at radius 2 is 2.15 bits per heavy atom. The second-order valence-corrected chi connectivity index (χ2v) is 5.04. The Bertz CT molecular complexity index is 592. The van der Waals surface area contributed by atoms with Crippen LogP contribution < -0.4 is 0 Å². The van der Waals surface area contributed by atoms with E-state index in [1.54, 1.807) is 6.20 Å². The topological polar surface area (TPSA) is 69.2 Å². The predicted molar refractivity (Wildman–Crippen MR) is 76.3 cm³/mol. The molecule has 5 nitrogen and oxygen atoms in total. The third-order valence-electron chi connectivity index (χ3n) is 2.98. The number of imidazole rings is 1. The molecule has 1 aromatic carbocycles. The highest BCUT2D eigenvalue weighted by molar-refractivity contribution is 5.69. The van der Waals surface area contributed by atoms with Crippen LogP contribution in [0.25, 0.3) is 0 Å². The smallest absolute Gasteiger partial charge is 0.317 e. The summed E-state index contributed by atoms with van der Waals surface area (Å²) < 4.78 is 0. The molecular formula is C15H19N3O2. The van der Waals surface area contributed by atoms with Gasteiger partial charge in [0.1, 0.15) is 5.82 Å². The van der Waals surface area contributed by atoms with E-state index in [0.717, 1.165) is 17.1 Å². The molecule has 0 spiro atoms. The zero-order chi connectivity index (χ0) is 14.5. The third kappa shape index (κ3) is 4.20. The maximum atomic E-state index is 11.0. The molecule has 0 unspecified atom stereocenters. The molecule has 0 bridgehead atoms. The summed E-state index contributed by atoms with van der Waals surface area (Å²) in [5, 5.41) is 9.03. The third-order valence-corrected chi connectivity index (χ3v) is 2.98. The summed E-state index contributed by atoms with van der Waals surface area (Å²) in [5.74, 6) is -0.0441. The standard InChI is InChI=1S/C15H19N3O2/c1-11-4-3-5-13(6-11)8-18(10-15(19)20)9-14-16-7-12(2)17-14/h3-7H,8-10H2,1-2H3,(H,16,17)(H,19,20). The molecule has 5 heteroatoms. The number of aromatic amines is 1. The Balaban J connectivity index is 2.09. The van der Waals surface area contributed by atoms with E-state index in [1.165, 1.54) is 5.56 Å². The second-order valence-electron chi connectivity index (χ2n) is 5.04. The molecule has 20 heavy (non-hydrogen) atoms. The Labute approximate surface area is 118 Å². The summed E-state index contributed by atoms with van der Waals surface area (Å²) in [7, 11) is 0. The molecule has 0 fully saturated rings. The lowest BCUT2D eigenvalue weighted by molar-refractivity contribution is -0.138. The van der Waals surface area contributed by atoms with Gasteiger partial charge in [0, 0.05) is 18.4 Å². The molecular weight excluding hydrogens is 254 g/mol. The number of carboxylic acid groups (broad SMARTS) is 1. The van der Waals surface area contributed by atoms with E-state index in [2.05, 4.69) is 16.0 Å². The van der Waals surface area contributed by atoms with Crippen molar-refractivity contribution < 1.29 is 9.90 Å². The zero-order valence-corrected chi connectivity index (χ0v) is 11.8. The van der Waals surface area contributed by atoms with Crippen molar-refractivity contribution in [3.63, 3.8) is 0 Å². The van der Waals surface area contributed by atoms with Crippen LogP contribution in [0.15, 0.2) is 30.5 Å². The van der Waals surface area contributed by atoms with Gasteiger partial charge in [0.05, 0.1) is 13.1 Å². The van der Waals surface area contributed by atoms with Crippen LogP contribution in [0, 0.1) is 13.8 Å². The van der Waals surface area contributed by atoms with Crippen LogP contribution in [0.1, 0.15) is 22.6 Å². The first-order chi connectivity index (χ1) is 9.52. The first kappa shape index (κ1) is 14.3. The van der Waals surface area contributed by atoms with Crippen molar-refractivity contribution in [3.05, 3.63) is 53.1 Å². The van der Waals surface area contributed by atoms with Gasteiger partial charge in [0.15, 0.2) is 0 Å². The van der Waals surface area contributed by atoms with Crippen LogP contribution in [0.4, 0.5) is 0 Å². The minimum absolute atomic E-state index is 0.00626. The highest BCUT2D eigenvalue weighted by atomic mass is 16.4. The zero-order valence-electron chi connectivity index (χ0n) is 11.8. The van der Waals surface area contributed by atoms with Gasteiger partial charge in [-0.15, -0.1) is 0 Å². The molecule has 0 saturated heterocycles. The maximum Gasteiger partial charge on any atom is 0.317 e. The van der Waals surface area contributed by atoms with Gasteiger partial charge < -0.3 is 10.1 Å². The highest BCUT2D eigenvalue weighted by Crippen LogP contribution is 2.10. The highest BCUT2D eigenvalue weighted by Gasteiger charge is 2.12. The predicted octanol–water partition coefficient (Wildman–Crippen LogP) is 2.11. The van der Waals surface area contributed by atoms with Crippen molar-refractivity contribution in [2.45, 2.75) is 26.9 Å². The quantitative estimate of drug-likeness (QED) is 0.845. The summed E-state index contributed by atoms with van der Waals surface area (Å²) in [6.07, 6.45) is 1.75. The lowest BCUT2D eigenvalue weighted by Gasteiger charge is -2.19. The van der Waals surface area contributed by atoms with Crippen molar-refractivity contribution in [2.24, 2.45) is 0 Å². The fraction of sp³-hybridized carbons (Fsp3) is 0.333. The van der Waals surface area contributed by atoms with Crippen molar-refractivity contribution in [1.82, 2.24) is 14.9 Å². The van der Waals surface area contributed by atoms with Crippen molar-refractivity contribution in [2.75, 3.05) is 6.54 Å². The van der Waals surface area contributed by atoms with E-state index < -0.39 is 5.97 Å².